The Balaban J connectivity index is 2.84. The fourth-order valence-electron chi connectivity index (χ4n) is 1.94. The lowest BCUT2D eigenvalue weighted by molar-refractivity contribution is -0.121. The van der Waals surface area contributed by atoms with Gasteiger partial charge in [0.2, 0.25) is 5.91 Å². The van der Waals surface area contributed by atoms with Crippen LogP contribution in [0.3, 0.4) is 0 Å². The van der Waals surface area contributed by atoms with Gasteiger partial charge >= 0.3 is 10.5 Å². The van der Waals surface area contributed by atoms with E-state index in [0.717, 1.165) is 11.1 Å². The fourth-order valence-corrected chi connectivity index (χ4v) is 2.32. The van der Waals surface area contributed by atoms with Gasteiger partial charge in [0.05, 0.1) is 12.5 Å². The van der Waals surface area contributed by atoms with E-state index < -0.39 is 16.4 Å². The molecule has 8 heteroatoms. The van der Waals surface area contributed by atoms with Crippen LogP contribution in [-0.4, -0.2) is 33.0 Å². The van der Waals surface area contributed by atoms with Crippen molar-refractivity contribution in [2.75, 3.05) is 13.6 Å². The zero-order valence-corrected chi connectivity index (χ0v) is 14.1. The van der Waals surface area contributed by atoms with Crippen LogP contribution in [0.1, 0.15) is 29.9 Å². The SMILES string of the molecule is CNC(=S)NC(=O)C(CCCN=S(=O)=O)c1ccc(C)cc1. The van der Waals surface area contributed by atoms with E-state index in [1.807, 2.05) is 31.2 Å². The van der Waals surface area contributed by atoms with Crippen LogP contribution in [0.4, 0.5) is 0 Å². The Morgan fingerprint density at radius 1 is 1.32 bits per heavy atom. The maximum absolute atomic E-state index is 12.3. The minimum absolute atomic E-state index is 0.169. The summed E-state index contributed by atoms with van der Waals surface area (Å²) in [5.41, 5.74) is 1.97. The van der Waals surface area contributed by atoms with Crippen LogP contribution in [0.25, 0.3) is 0 Å². The summed E-state index contributed by atoms with van der Waals surface area (Å²) < 4.78 is 24.2. The number of nitrogens with zero attached hydrogens (tertiary/aromatic N) is 1. The number of nitrogens with one attached hydrogen (secondary N) is 2. The molecule has 0 bridgehead atoms. The molecule has 1 aromatic carbocycles. The van der Waals surface area contributed by atoms with Crippen molar-refractivity contribution in [2.24, 2.45) is 4.36 Å². The van der Waals surface area contributed by atoms with Crippen LogP contribution in [0.2, 0.25) is 0 Å². The van der Waals surface area contributed by atoms with Crippen LogP contribution in [-0.2, 0) is 15.3 Å². The van der Waals surface area contributed by atoms with E-state index in [4.69, 9.17) is 12.2 Å². The van der Waals surface area contributed by atoms with E-state index in [9.17, 15) is 13.2 Å². The van der Waals surface area contributed by atoms with Crippen molar-refractivity contribution in [1.29, 1.82) is 0 Å². The van der Waals surface area contributed by atoms with Gasteiger partial charge in [0, 0.05) is 7.05 Å². The van der Waals surface area contributed by atoms with Gasteiger partial charge in [-0.1, -0.05) is 29.8 Å². The second-order valence-corrected chi connectivity index (χ2v) is 5.84. The lowest BCUT2D eigenvalue weighted by atomic mass is 9.92. The molecule has 1 atom stereocenters. The molecule has 0 aliphatic carbocycles. The Labute approximate surface area is 137 Å². The molecule has 0 aromatic heterocycles. The highest BCUT2D eigenvalue weighted by molar-refractivity contribution is 7.80. The molecule has 0 radical (unpaired) electrons. The summed E-state index contributed by atoms with van der Waals surface area (Å²) in [7, 11) is -0.775. The maximum Gasteiger partial charge on any atom is 0.311 e. The molecule has 0 spiro atoms. The summed E-state index contributed by atoms with van der Waals surface area (Å²) in [4.78, 5) is 12.3. The number of carbonyl (C=O) groups is 1. The topological polar surface area (TPSA) is 87.6 Å². The van der Waals surface area contributed by atoms with Crippen LogP contribution in [0.15, 0.2) is 28.6 Å². The standard InChI is InChI=1S/C14H19N3O3S2/c1-10-5-7-11(8-6-10)12(4-3-9-16-22(19)20)13(18)17-14(21)15-2/h5-8,12H,3-4,9H2,1-2H3,(H2,15,17,18,21). The minimum atomic E-state index is -2.41. The third kappa shape index (κ3) is 6.31. The number of rotatable bonds is 6. The van der Waals surface area contributed by atoms with Gasteiger partial charge < -0.3 is 10.6 Å². The van der Waals surface area contributed by atoms with E-state index >= 15 is 0 Å². The summed E-state index contributed by atoms with van der Waals surface area (Å²) in [5, 5.41) is 5.57. The van der Waals surface area contributed by atoms with Gasteiger partial charge in [-0.3, -0.25) is 4.79 Å². The molecule has 22 heavy (non-hydrogen) atoms. The first kappa shape index (κ1) is 18.2. The van der Waals surface area contributed by atoms with E-state index in [1.54, 1.807) is 7.05 Å². The number of thiocarbonyl (C=S) groups is 1. The molecule has 6 nitrogen and oxygen atoms in total. The van der Waals surface area contributed by atoms with Crippen LogP contribution >= 0.6 is 12.2 Å². The maximum atomic E-state index is 12.3. The number of aryl methyl sites for hydroxylation is 1. The molecule has 0 fully saturated rings. The summed E-state index contributed by atoms with van der Waals surface area (Å²) in [6, 6.07) is 7.65. The summed E-state index contributed by atoms with van der Waals surface area (Å²) >= 11 is 4.95. The van der Waals surface area contributed by atoms with Gasteiger partial charge in [-0.2, -0.15) is 12.8 Å². The molecule has 120 valence electrons. The molecular formula is C14H19N3O3S2. The lowest BCUT2D eigenvalue weighted by Crippen LogP contribution is -2.40. The first-order valence-corrected chi connectivity index (χ1v) is 8.24. The Hall–Kier alpha value is -1.80. The number of carbonyl (C=O) groups excluding carboxylic acids is 1. The van der Waals surface area contributed by atoms with Gasteiger partial charge in [-0.05, 0) is 37.5 Å². The average Bonchev–Trinajstić information content (AvgIpc) is 2.48. The van der Waals surface area contributed by atoms with Crippen LogP contribution < -0.4 is 10.6 Å². The van der Waals surface area contributed by atoms with Gasteiger partial charge in [-0.15, -0.1) is 0 Å². The Bertz CT molecular complexity index is 646. The lowest BCUT2D eigenvalue weighted by Gasteiger charge is -2.17. The molecule has 0 heterocycles. The van der Waals surface area contributed by atoms with Crippen LogP contribution in [0.5, 0.6) is 0 Å². The average molecular weight is 341 g/mol. The molecule has 0 aliphatic heterocycles. The zero-order chi connectivity index (χ0) is 16.5. The van der Waals surface area contributed by atoms with Gasteiger partial charge in [0.25, 0.3) is 0 Å². The highest BCUT2D eigenvalue weighted by Crippen LogP contribution is 2.22. The zero-order valence-electron chi connectivity index (χ0n) is 12.5. The Kier molecular flexibility index (Phi) is 7.69. The number of benzene rings is 1. The minimum Gasteiger partial charge on any atom is -0.365 e. The molecule has 2 N–H and O–H groups in total. The van der Waals surface area contributed by atoms with Crippen LogP contribution in [0, 0.1) is 6.92 Å². The molecule has 0 aliphatic rings. The number of hydrogen-bond donors (Lipinski definition) is 2. The molecule has 1 aromatic rings. The Morgan fingerprint density at radius 3 is 2.50 bits per heavy atom. The van der Waals surface area contributed by atoms with Crippen molar-refractivity contribution in [3.05, 3.63) is 35.4 Å². The van der Waals surface area contributed by atoms with Gasteiger partial charge in [-0.25, -0.2) is 0 Å². The monoisotopic (exact) mass is 341 g/mol. The van der Waals surface area contributed by atoms with E-state index in [0.29, 0.717) is 12.8 Å². The largest absolute Gasteiger partial charge is 0.365 e. The first-order valence-electron chi connectivity index (χ1n) is 6.80. The summed E-state index contributed by atoms with van der Waals surface area (Å²) in [6.45, 7) is 2.14. The third-order valence-electron chi connectivity index (χ3n) is 3.11. The Morgan fingerprint density at radius 2 is 1.95 bits per heavy atom. The van der Waals surface area contributed by atoms with Crippen molar-refractivity contribution < 1.29 is 13.2 Å². The van der Waals surface area contributed by atoms with E-state index in [2.05, 4.69) is 15.0 Å². The fraction of sp³-hybridized carbons (Fsp3) is 0.429. The van der Waals surface area contributed by atoms with Gasteiger partial charge in [0.15, 0.2) is 5.11 Å². The molecular weight excluding hydrogens is 322 g/mol. The number of hydrogen-bond acceptors (Lipinski definition) is 5. The highest BCUT2D eigenvalue weighted by Gasteiger charge is 2.20. The molecule has 0 saturated heterocycles. The van der Waals surface area contributed by atoms with Gasteiger partial charge in [0.1, 0.15) is 0 Å². The molecule has 1 rings (SSSR count). The normalized spacial score (nSPS) is 11.4. The second-order valence-electron chi connectivity index (χ2n) is 4.74. The van der Waals surface area contributed by atoms with E-state index in [-0.39, 0.29) is 17.6 Å². The quantitative estimate of drug-likeness (QED) is 0.605. The van der Waals surface area contributed by atoms with Crippen molar-refractivity contribution in [2.45, 2.75) is 25.7 Å². The molecule has 1 amide bonds. The van der Waals surface area contributed by atoms with Crippen molar-refractivity contribution in [3.8, 4) is 0 Å². The summed E-state index contributed by atoms with van der Waals surface area (Å²) in [6.07, 6.45) is 0.980. The van der Waals surface area contributed by atoms with Crippen molar-refractivity contribution >= 4 is 33.7 Å². The second kappa shape index (κ2) is 9.26. The van der Waals surface area contributed by atoms with Crippen molar-refractivity contribution in [1.82, 2.24) is 10.6 Å². The summed E-state index contributed by atoms with van der Waals surface area (Å²) in [5.74, 6) is -0.617. The third-order valence-corrected chi connectivity index (χ3v) is 3.81. The number of amides is 1. The smallest absolute Gasteiger partial charge is 0.311 e. The predicted octanol–water partition coefficient (Wildman–Crippen LogP) is 1.54. The van der Waals surface area contributed by atoms with Crippen molar-refractivity contribution in [3.63, 3.8) is 0 Å². The predicted molar refractivity (Wildman–Crippen MR) is 89.2 cm³/mol. The first-order chi connectivity index (χ1) is 10.4. The molecule has 1 unspecified atom stereocenters. The molecule has 0 saturated carbocycles. The highest BCUT2D eigenvalue weighted by atomic mass is 32.2. The van der Waals surface area contributed by atoms with E-state index in [1.165, 1.54) is 0 Å².